The number of anilines is 1. The fourth-order valence-electron chi connectivity index (χ4n) is 4.67. The van der Waals surface area contributed by atoms with E-state index in [4.69, 9.17) is 0 Å². The van der Waals surface area contributed by atoms with Gasteiger partial charge in [-0.3, -0.25) is 4.79 Å². The van der Waals surface area contributed by atoms with Gasteiger partial charge in [0.2, 0.25) is 5.91 Å². The highest BCUT2D eigenvalue weighted by Crippen LogP contribution is 2.29. The molecule has 4 nitrogen and oxygen atoms in total. The summed E-state index contributed by atoms with van der Waals surface area (Å²) in [5, 5.41) is 12.7. The van der Waals surface area contributed by atoms with Crippen LogP contribution in [-0.2, 0) is 17.6 Å². The smallest absolute Gasteiger partial charge is 0.243 e. The number of rotatable bonds is 11. The number of carbonyl (C=O) groups excluding carboxylic acids is 1. The van der Waals surface area contributed by atoms with Crippen molar-refractivity contribution in [3.8, 4) is 0 Å². The molecule has 0 aliphatic carbocycles. The molecule has 4 heteroatoms. The Morgan fingerprint density at radius 2 is 1.77 bits per heavy atom. The molecule has 170 valence electrons. The summed E-state index contributed by atoms with van der Waals surface area (Å²) in [6.07, 6.45) is 13.4. The van der Waals surface area contributed by atoms with Crippen LogP contribution in [0.5, 0.6) is 0 Å². The highest BCUT2D eigenvalue weighted by atomic mass is 16.3. The average Bonchev–Trinajstić information content (AvgIpc) is 2.77. The minimum Gasteiger partial charge on any atom is -0.394 e. The zero-order valence-electron chi connectivity index (χ0n) is 19.8. The monoisotopic (exact) mass is 416 g/mol. The molecule has 0 radical (unpaired) electrons. The lowest BCUT2D eigenvalue weighted by atomic mass is 9.97. The molecule has 1 aromatic rings. The third-order valence-corrected chi connectivity index (χ3v) is 6.49. The van der Waals surface area contributed by atoms with Gasteiger partial charge in [0.05, 0.1) is 12.6 Å². The second-order valence-electron chi connectivity index (χ2n) is 9.41. The second-order valence-corrected chi connectivity index (χ2v) is 9.41. The molecular weight excluding hydrogens is 372 g/mol. The van der Waals surface area contributed by atoms with Crippen LogP contribution in [0.25, 0.3) is 0 Å². The van der Waals surface area contributed by atoms with Gasteiger partial charge in [-0.2, -0.15) is 0 Å². The lowest BCUT2D eigenvalue weighted by molar-refractivity contribution is -0.124. The second kappa shape index (κ2) is 13.0. The number of aliphatic hydroxyl groups excluding tert-OH is 1. The topological polar surface area (TPSA) is 52.6 Å². The van der Waals surface area contributed by atoms with Crippen LogP contribution in [0.2, 0.25) is 0 Å². The van der Waals surface area contributed by atoms with Crippen molar-refractivity contribution >= 4 is 11.6 Å². The van der Waals surface area contributed by atoms with Crippen molar-refractivity contribution in [3.63, 3.8) is 0 Å². The summed E-state index contributed by atoms with van der Waals surface area (Å²) in [7, 11) is 2.04. The third-order valence-electron chi connectivity index (χ3n) is 6.49. The first-order chi connectivity index (χ1) is 14.5. The van der Waals surface area contributed by atoms with Crippen molar-refractivity contribution in [3.05, 3.63) is 29.3 Å². The molecule has 2 rings (SSSR count). The number of nitrogens with zero attached hydrogens (tertiary/aromatic N) is 1. The molecule has 1 heterocycles. The first-order valence-electron chi connectivity index (χ1n) is 12.2. The van der Waals surface area contributed by atoms with Gasteiger partial charge in [-0.15, -0.1) is 0 Å². The Kier molecular flexibility index (Phi) is 10.7. The van der Waals surface area contributed by atoms with Crippen LogP contribution >= 0.6 is 0 Å². The van der Waals surface area contributed by atoms with Crippen molar-refractivity contribution < 1.29 is 9.90 Å². The van der Waals surface area contributed by atoms with Gasteiger partial charge >= 0.3 is 0 Å². The minimum atomic E-state index is -0.228. The maximum atomic E-state index is 12.9. The summed E-state index contributed by atoms with van der Waals surface area (Å²) < 4.78 is 0. The molecule has 1 aliphatic rings. The summed E-state index contributed by atoms with van der Waals surface area (Å²) in [6.45, 7) is 6.45. The van der Waals surface area contributed by atoms with Crippen LogP contribution in [0.3, 0.4) is 0 Å². The van der Waals surface area contributed by atoms with Crippen molar-refractivity contribution in [2.45, 2.75) is 103 Å². The van der Waals surface area contributed by atoms with E-state index >= 15 is 0 Å². The van der Waals surface area contributed by atoms with Crippen molar-refractivity contribution in [2.24, 2.45) is 5.92 Å². The molecule has 0 saturated heterocycles. The number of aryl methyl sites for hydroxylation is 2. The third kappa shape index (κ3) is 7.30. The summed E-state index contributed by atoms with van der Waals surface area (Å²) in [6, 6.07) is 6.41. The van der Waals surface area contributed by atoms with Crippen LogP contribution in [0.15, 0.2) is 18.2 Å². The number of hydrogen-bond donors (Lipinski definition) is 2. The lowest BCUT2D eigenvalue weighted by Crippen LogP contribution is -2.51. The molecule has 0 spiro atoms. The van der Waals surface area contributed by atoms with E-state index in [1.54, 1.807) is 0 Å². The molecule has 0 aromatic heterocycles. The fourth-order valence-corrected chi connectivity index (χ4v) is 4.67. The fraction of sp³-hybridized carbons (Fsp3) is 0.731. The molecule has 1 aromatic carbocycles. The number of carbonyl (C=O) groups is 1. The van der Waals surface area contributed by atoms with Crippen molar-refractivity contribution in [1.82, 2.24) is 5.32 Å². The van der Waals surface area contributed by atoms with Gasteiger partial charge in [0.15, 0.2) is 0 Å². The SMILES string of the molecule is CCCCCCCCCCc1ccc2c(c1)N(C)[C@H](C(C)C)C(=O)N[C@@H](CO)CC2. The average molecular weight is 417 g/mol. The van der Waals surface area contributed by atoms with E-state index in [9.17, 15) is 9.90 Å². The molecule has 1 amide bonds. The Morgan fingerprint density at radius 1 is 1.10 bits per heavy atom. The highest BCUT2D eigenvalue weighted by molar-refractivity contribution is 5.86. The Balaban J connectivity index is 2.04. The zero-order chi connectivity index (χ0) is 21.9. The Morgan fingerprint density at radius 3 is 2.40 bits per heavy atom. The number of aliphatic hydroxyl groups is 1. The zero-order valence-corrected chi connectivity index (χ0v) is 19.8. The van der Waals surface area contributed by atoms with Crippen LogP contribution in [0, 0.1) is 5.92 Å². The van der Waals surface area contributed by atoms with Gasteiger partial charge in [-0.05, 0) is 48.8 Å². The van der Waals surface area contributed by atoms with E-state index in [1.807, 2.05) is 7.05 Å². The van der Waals surface area contributed by atoms with E-state index in [-0.39, 0.29) is 30.5 Å². The molecule has 0 unspecified atom stereocenters. The van der Waals surface area contributed by atoms with Crippen LogP contribution in [-0.4, -0.2) is 36.8 Å². The number of amides is 1. The number of benzene rings is 1. The van der Waals surface area contributed by atoms with Gasteiger partial charge in [0.1, 0.15) is 6.04 Å². The van der Waals surface area contributed by atoms with E-state index in [1.165, 1.54) is 68.2 Å². The van der Waals surface area contributed by atoms with Gasteiger partial charge in [0, 0.05) is 12.7 Å². The molecule has 1 aliphatic heterocycles. The minimum absolute atomic E-state index is 0.00781. The summed E-state index contributed by atoms with van der Waals surface area (Å²) in [4.78, 5) is 15.1. The molecule has 2 atom stereocenters. The number of fused-ring (bicyclic) bond motifs is 1. The molecule has 0 fully saturated rings. The number of unbranched alkanes of at least 4 members (excludes halogenated alkanes) is 7. The molecule has 0 bridgehead atoms. The Hall–Kier alpha value is -1.55. The predicted molar refractivity (Wildman–Crippen MR) is 127 cm³/mol. The van der Waals surface area contributed by atoms with E-state index in [0.717, 1.165) is 19.3 Å². The van der Waals surface area contributed by atoms with Crippen LogP contribution in [0.1, 0.15) is 89.7 Å². The maximum Gasteiger partial charge on any atom is 0.243 e. The largest absolute Gasteiger partial charge is 0.394 e. The Labute approximate surface area is 184 Å². The quantitative estimate of drug-likeness (QED) is 0.484. The van der Waals surface area contributed by atoms with E-state index < -0.39 is 0 Å². The molecular formula is C26H44N2O2. The number of nitrogens with one attached hydrogen (secondary N) is 1. The molecule has 0 saturated carbocycles. The Bertz CT molecular complexity index is 644. The van der Waals surface area contributed by atoms with Crippen molar-refractivity contribution in [1.29, 1.82) is 0 Å². The van der Waals surface area contributed by atoms with Gasteiger partial charge in [0.25, 0.3) is 0 Å². The summed E-state index contributed by atoms with van der Waals surface area (Å²) in [5.41, 5.74) is 3.82. The van der Waals surface area contributed by atoms with Gasteiger partial charge in [-0.25, -0.2) is 0 Å². The predicted octanol–water partition coefficient (Wildman–Crippen LogP) is 5.25. The van der Waals surface area contributed by atoms with Crippen molar-refractivity contribution in [2.75, 3.05) is 18.6 Å². The van der Waals surface area contributed by atoms with Gasteiger partial charge in [-0.1, -0.05) is 77.8 Å². The lowest BCUT2D eigenvalue weighted by Gasteiger charge is -2.33. The number of likely N-dealkylation sites (N-methyl/N-ethyl adjacent to an activating group) is 1. The standard InChI is InChI=1S/C26H44N2O2/c1-5-6-7-8-9-10-11-12-13-21-14-15-22-16-17-23(19-29)27-26(30)25(20(2)3)28(4)24(22)18-21/h14-15,18,20,23,25,29H,5-13,16-17,19H2,1-4H3,(H,27,30)/t23-,25-/m1/s1. The number of hydrogen-bond acceptors (Lipinski definition) is 3. The first-order valence-corrected chi connectivity index (χ1v) is 12.2. The van der Waals surface area contributed by atoms with Gasteiger partial charge < -0.3 is 15.3 Å². The summed E-state index contributed by atoms with van der Waals surface area (Å²) in [5.74, 6) is 0.213. The summed E-state index contributed by atoms with van der Waals surface area (Å²) >= 11 is 0. The maximum absolute atomic E-state index is 12.9. The van der Waals surface area contributed by atoms with Crippen LogP contribution < -0.4 is 10.2 Å². The normalized spacial score (nSPS) is 19.8. The highest BCUT2D eigenvalue weighted by Gasteiger charge is 2.31. The van der Waals surface area contributed by atoms with Crippen LogP contribution in [0.4, 0.5) is 5.69 Å². The van der Waals surface area contributed by atoms with E-state index in [0.29, 0.717) is 0 Å². The first kappa shape index (κ1) is 24.7. The molecule has 30 heavy (non-hydrogen) atoms. The molecule has 2 N–H and O–H groups in total. The van der Waals surface area contributed by atoms with E-state index in [2.05, 4.69) is 49.2 Å².